The Bertz CT molecular complexity index is 1940. The van der Waals surface area contributed by atoms with Crippen molar-refractivity contribution in [1.82, 2.24) is 0 Å². The van der Waals surface area contributed by atoms with Crippen LogP contribution in [0.4, 0.5) is 0 Å². The lowest BCUT2D eigenvalue weighted by Gasteiger charge is -2.48. The van der Waals surface area contributed by atoms with Crippen LogP contribution in [0.3, 0.4) is 0 Å². The summed E-state index contributed by atoms with van der Waals surface area (Å²) in [5.41, 5.74) is 0. The molecule has 0 fully saturated rings. The minimum absolute atomic E-state index is 0.160. The summed E-state index contributed by atoms with van der Waals surface area (Å²) in [5, 5.41) is 12.9. The summed E-state index contributed by atoms with van der Waals surface area (Å²) < 4.78 is 102. The van der Waals surface area contributed by atoms with Gasteiger partial charge in [0, 0.05) is 26.3 Å². The molecule has 0 aromatic heterocycles. The third kappa shape index (κ3) is 33.8. The van der Waals surface area contributed by atoms with Crippen molar-refractivity contribution in [3.8, 4) is 0 Å². The summed E-state index contributed by atoms with van der Waals surface area (Å²) in [5.74, 6) is 0. The van der Waals surface area contributed by atoms with Gasteiger partial charge in [-0.2, -0.15) is 0 Å². The van der Waals surface area contributed by atoms with Crippen molar-refractivity contribution in [2.24, 2.45) is 0 Å². The second kappa shape index (κ2) is 29.7. The molecular weight excluding hydrogens is 1310 g/mol. The molecule has 0 amide bonds. The topological polar surface area (TPSA) is 149 Å². The SMILES string of the molecule is CO[Si](CC[Si](C)(C)O[Si](O[Si](C)(C)CC[Si](C)(O[Si](C)(C)C)O[Si](C)(C)C)(O[Si](C)(C)CC[Si](CO)(O[Si](C)(C)C)O[Si](C)(C)c1ccccc1)O[Si](C)(C)CC[Si](OC)(O[Si](C)(C)C)O[Si](C)(C)C)(O[Si](C)(C)C)O[Si](C)(C)C. The van der Waals surface area contributed by atoms with Crippen LogP contribution < -0.4 is 5.19 Å². The second-order valence-corrected chi connectivity index (χ2v) is 102. The highest BCUT2D eigenvalue weighted by atomic mass is 28.5. The van der Waals surface area contributed by atoms with E-state index in [9.17, 15) is 5.11 Å². The Morgan fingerprint density at radius 3 is 0.827 bits per heavy atom. The van der Waals surface area contributed by atoms with Crippen LogP contribution in [0.25, 0.3) is 0 Å². The predicted octanol–water partition coefficient (Wildman–Crippen LogP) is 15.6. The molecule has 0 spiro atoms. The van der Waals surface area contributed by atoms with Gasteiger partial charge in [-0.05, 0) is 251 Å². The van der Waals surface area contributed by atoms with Gasteiger partial charge in [-0.3, -0.25) is 0 Å². The van der Waals surface area contributed by atoms with Crippen molar-refractivity contribution in [3.63, 3.8) is 0 Å². The van der Waals surface area contributed by atoms with Crippen molar-refractivity contribution in [2.45, 2.75) is 258 Å². The van der Waals surface area contributed by atoms with E-state index in [0.717, 1.165) is 17.3 Å². The fourth-order valence-corrected chi connectivity index (χ4v) is 83.6. The van der Waals surface area contributed by atoms with E-state index < -0.39 is 144 Å². The van der Waals surface area contributed by atoms with E-state index in [1.165, 1.54) is 0 Å². The summed E-state index contributed by atoms with van der Waals surface area (Å²) in [6.45, 7) is 71.6. The molecule has 81 heavy (non-hydrogen) atoms. The van der Waals surface area contributed by atoms with Crippen molar-refractivity contribution >= 4 is 149 Å². The molecule has 0 radical (unpaired) electrons. The Hall–Kier alpha value is 2.31. The van der Waals surface area contributed by atoms with Crippen LogP contribution >= 0.6 is 0 Å². The lowest BCUT2D eigenvalue weighted by molar-refractivity contribution is 0.143. The Morgan fingerprint density at radius 1 is 0.296 bits per heavy atom. The Kier molecular flexibility index (Phi) is 29.8. The van der Waals surface area contributed by atoms with Gasteiger partial charge in [0.15, 0.2) is 91.5 Å². The molecule has 0 aliphatic heterocycles. The smallest absolute Gasteiger partial charge is 0.437 e. The first-order valence-corrected chi connectivity index (χ1v) is 79.3. The van der Waals surface area contributed by atoms with Crippen LogP contribution in [0.2, 0.25) is 258 Å². The lowest BCUT2D eigenvalue weighted by atomic mass is 10.4. The molecule has 0 saturated heterocycles. The van der Waals surface area contributed by atoms with Gasteiger partial charge in [0.05, 0.1) is 6.23 Å². The average molecular weight is 1430 g/mol. The average Bonchev–Trinajstić information content (AvgIpc) is 3.19. The molecule has 0 bridgehead atoms. The molecule has 1 aromatic rings. The van der Waals surface area contributed by atoms with Gasteiger partial charge in [0.2, 0.25) is 8.32 Å². The fourth-order valence-electron chi connectivity index (χ4n) is 9.70. The maximum absolute atomic E-state index is 11.7. The largest absolute Gasteiger partial charge is 0.636 e. The molecule has 15 nitrogen and oxygen atoms in total. The molecule has 1 N–H and O–H groups in total. The molecule has 480 valence electrons. The monoisotopic (exact) mass is 1430 g/mol. The Balaban J connectivity index is 4.51. The first kappa shape index (κ1) is 81.3. The first-order chi connectivity index (χ1) is 35.6. The van der Waals surface area contributed by atoms with Crippen LogP contribution in [-0.4, -0.2) is 169 Å². The van der Waals surface area contributed by atoms with Crippen molar-refractivity contribution in [1.29, 1.82) is 0 Å². The van der Waals surface area contributed by atoms with Crippen LogP contribution in [0.5, 0.6) is 0 Å². The first-order valence-electron chi connectivity index (χ1n) is 29.8. The fraction of sp³-hybridized carbons (Fsp3) is 0.878. The highest BCUT2D eigenvalue weighted by molar-refractivity contribution is 6.97. The maximum Gasteiger partial charge on any atom is 0.636 e. The highest BCUT2D eigenvalue weighted by Crippen LogP contribution is 2.41. The van der Waals surface area contributed by atoms with Gasteiger partial charge in [-0.15, -0.1) is 0 Å². The molecule has 0 aliphatic rings. The quantitative estimate of drug-likeness (QED) is 0.0621. The zero-order chi connectivity index (χ0) is 63.9. The van der Waals surface area contributed by atoms with E-state index in [2.05, 4.69) is 234 Å². The molecule has 0 saturated carbocycles. The zero-order valence-corrected chi connectivity index (χ0v) is 75.4. The van der Waals surface area contributed by atoms with Crippen LogP contribution in [0, 0.1) is 0 Å². The Morgan fingerprint density at radius 2 is 0.568 bits per heavy atom. The van der Waals surface area contributed by atoms with Crippen molar-refractivity contribution in [2.75, 3.05) is 20.4 Å². The summed E-state index contributed by atoms with van der Waals surface area (Å²) in [7, 11) is -42.3. The molecule has 1 atom stereocenters. The molecule has 0 heterocycles. The van der Waals surface area contributed by atoms with Gasteiger partial charge >= 0.3 is 43.8 Å². The maximum atomic E-state index is 11.7. The zero-order valence-electron chi connectivity index (χ0n) is 58.4. The van der Waals surface area contributed by atoms with Crippen molar-refractivity contribution in [3.05, 3.63) is 30.3 Å². The van der Waals surface area contributed by atoms with Gasteiger partial charge in [0.1, 0.15) is 0 Å². The summed E-state index contributed by atoms with van der Waals surface area (Å²) >= 11 is 0. The van der Waals surface area contributed by atoms with E-state index >= 15 is 0 Å². The second-order valence-electron chi connectivity index (χ2n) is 32.4. The molecule has 1 aromatic carbocycles. The third-order valence-corrected chi connectivity index (χ3v) is 70.7. The summed E-state index contributed by atoms with van der Waals surface area (Å²) in [4.78, 5) is 0. The van der Waals surface area contributed by atoms with E-state index in [1.54, 1.807) is 14.2 Å². The number of benzene rings is 1. The van der Waals surface area contributed by atoms with E-state index in [4.69, 9.17) is 58.2 Å². The molecule has 1 unspecified atom stereocenters. The van der Waals surface area contributed by atoms with Crippen LogP contribution in [0.1, 0.15) is 0 Å². The molecule has 1 rings (SSSR count). The number of rotatable bonds is 40. The number of hydrogen-bond donors (Lipinski definition) is 1. The van der Waals surface area contributed by atoms with E-state index in [-0.39, 0.29) is 6.23 Å². The van der Waals surface area contributed by atoms with Gasteiger partial charge in [0.25, 0.3) is 0 Å². The standard InChI is InChI=1S/C49H126O15Si17/c1-51-79(56-68(12,13)14,57-69(15,16)17)46-42-74(28,29)62-81(60-72(24,25)40-44-77(34,53-65(3,4)5)54-66(6,7)8,63-75(30,31)43-47-80(52-2,58-70(18,19)20)59-71(21,22)23)61-73(26,27)41-45-78(48-50,55-67(9,10)11)64-76(32,33)49-38-36-35-37-39-49/h35-39,50H,40-48H2,1-34H3. The van der Waals surface area contributed by atoms with Gasteiger partial charge < -0.3 is 63.3 Å². The molecule has 0 aliphatic carbocycles. The van der Waals surface area contributed by atoms with Gasteiger partial charge in [-0.25, -0.2) is 0 Å². The molecule has 32 heteroatoms. The minimum atomic E-state index is -4.27. The Labute approximate surface area is 516 Å². The third-order valence-electron chi connectivity index (χ3n) is 12.1. The van der Waals surface area contributed by atoms with Crippen molar-refractivity contribution < 1.29 is 63.3 Å². The molecular formula is C49H126O15Si17. The normalized spacial score (nSPS) is 16.1. The van der Waals surface area contributed by atoms with Crippen LogP contribution in [-0.2, 0) is 58.2 Å². The number of aliphatic hydroxyl groups is 1. The minimum Gasteiger partial charge on any atom is -0.437 e. The summed E-state index contributed by atoms with van der Waals surface area (Å²) in [6.07, 6.45) is -0.160. The number of hydrogen-bond acceptors (Lipinski definition) is 15. The van der Waals surface area contributed by atoms with Gasteiger partial charge in [-0.1, -0.05) is 30.3 Å². The predicted molar refractivity (Wildman–Crippen MR) is 384 cm³/mol. The van der Waals surface area contributed by atoms with Crippen LogP contribution in [0.15, 0.2) is 30.3 Å². The van der Waals surface area contributed by atoms with E-state index in [0.29, 0.717) is 36.3 Å². The van der Waals surface area contributed by atoms with E-state index in [1.807, 2.05) is 6.07 Å². The highest BCUT2D eigenvalue weighted by Gasteiger charge is 2.61. The summed E-state index contributed by atoms with van der Waals surface area (Å²) in [6, 6.07) is 15.7. The number of aliphatic hydroxyl groups excluding tert-OH is 1. The lowest BCUT2D eigenvalue weighted by Crippen LogP contribution is -2.68.